The summed E-state index contributed by atoms with van der Waals surface area (Å²) < 4.78 is 1.72. The van der Waals surface area contributed by atoms with Crippen LogP contribution in [-0.2, 0) is 4.79 Å². The molecule has 1 amide bonds. The van der Waals surface area contributed by atoms with E-state index in [4.69, 9.17) is 0 Å². The van der Waals surface area contributed by atoms with E-state index in [0.29, 0.717) is 18.2 Å². The molecule has 2 aromatic heterocycles. The average Bonchev–Trinajstić information content (AvgIpc) is 3.01. The van der Waals surface area contributed by atoms with Crippen LogP contribution in [0.25, 0.3) is 5.82 Å². The molecular formula is C17H24N6O. The minimum atomic E-state index is 0.250. The van der Waals surface area contributed by atoms with Crippen LogP contribution in [0.3, 0.4) is 0 Å². The van der Waals surface area contributed by atoms with E-state index in [2.05, 4.69) is 34.0 Å². The normalized spacial score (nSPS) is 15.2. The maximum absolute atomic E-state index is 12.1. The number of carbonyl (C=O) groups is 1. The number of anilines is 1. The minimum absolute atomic E-state index is 0.250. The molecule has 0 atom stereocenters. The number of rotatable bonds is 4. The zero-order chi connectivity index (χ0) is 17.1. The molecule has 3 rings (SSSR count). The van der Waals surface area contributed by atoms with Gasteiger partial charge in [-0.3, -0.25) is 4.79 Å². The number of hydrogen-bond acceptors (Lipinski definition) is 5. The van der Waals surface area contributed by atoms with Crippen molar-refractivity contribution in [2.24, 2.45) is 5.92 Å². The summed E-state index contributed by atoms with van der Waals surface area (Å²) in [5, 5.41) is 12.9. The number of piperazine rings is 1. The molecule has 0 aliphatic carbocycles. The Morgan fingerprint density at radius 1 is 1.08 bits per heavy atom. The molecule has 0 unspecified atom stereocenters. The Balaban J connectivity index is 1.59. The van der Waals surface area contributed by atoms with Crippen molar-refractivity contribution in [3.05, 3.63) is 30.1 Å². The Bertz CT molecular complexity index is 685. The summed E-state index contributed by atoms with van der Waals surface area (Å²) in [6.07, 6.45) is 2.50. The molecule has 2 aromatic rings. The first kappa shape index (κ1) is 16.4. The topological polar surface area (TPSA) is 67.2 Å². The van der Waals surface area contributed by atoms with Crippen molar-refractivity contribution >= 4 is 11.7 Å². The lowest BCUT2D eigenvalue weighted by molar-refractivity contribution is -0.132. The lowest BCUT2D eigenvalue weighted by Gasteiger charge is -2.35. The molecule has 0 N–H and O–H groups in total. The predicted molar refractivity (Wildman–Crippen MR) is 92.1 cm³/mol. The Morgan fingerprint density at radius 3 is 2.29 bits per heavy atom. The van der Waals surface area contributed by atoms with Gasteiger partial charge in [0.05, 0.1) is 5.69 Å². The summed E-state index contributed by atoms with van der Waals surface area (Å²) in [6.45, 7) is 9.16. The Labute approximate surface area is 142 Å². The van der Waals surface area contributed by atoms with Crippen LogP contribution in [0.1, 0.15) is 26.0 Å². The van der Waals surface area contributed by atoms with Gasteiger partial charge in [-0.2, -0.15) is 5.10 Å². The van der Waals surface area contributed by atoms with E-state index in [1.54, 1.807) is 4.68 Å². The second-order valence-electron chi connectivity index (χ2n) is 6.62. The van der Waals surface area contributed by atoms with Crippen LogP contribution >= 0.6 is 0 Å². The molecule has 3 heterocycles. The lowest BCUT2D eigenvalue weighted by Crippen LogP contribution is -2.49. The van der Waals surface area contributed by atoms with Crippen molar-refractivity contribution in [3.63, 3.8) is 0 Å². The highest BCUT2D eigenvalue weighted by molar-refractivity contribution is 5.76. The van der Waals surface area contributed by atoms with E-state index >= 15 is 0 Å². The highest BCUT2D eigenvalue weighted by Gasteiger charge is 2.22. The summed E-state index contributed by atoms with van der Waals surface area (Å²) in [4.78, 5) is 16.2. The number of nitrogens with zero attached hydrogens (tertiary/aromatic N) is 6. The van der Waals surface area contributed by atoms with Gasteiger partial charge < -0.3 is 9.80 Å². The maximum atomic E-state index is 12.1. The fourth-order valence-corrected chi connectivity index (χ4v) is 2.81. The van der Waals surface area contributed by atoms with Crippen LogP contribution < -0.4 is 4.90 Å². The fourth-order valence-electron chi connectivity index (χ4n) is 2.81. The highest BCUT2D eigenvalue weighted by atomic mass is 16.2. The number of amides is 1. The van der Waals surface area contributed by atoms with Crippen molar-refractivity contribution in [1.29, 1.82) is 0 Å². The largest absolute Gasteiger partial charge is 0.352 e. The van der Waals surface area contributed by atoms with Crippen molar-refractivity contribution in [2.45, 2.75) is 27.2 Å². The van der Waals surface area contributed by atoms with Crippen molar-refractivity contribution in [2.75, 3.05) is 31.1 Å². The molecule has 24 heavy (non-hydrogen) atoms. The molecule has 7 heteroatoms. The van der Waals surface area contributed by atoms with Crippen LogP contribution in [0.15, 0.2) is 24.4 Å². The van der Waals surface area contributed by atoms with Crippen LogP contribution in [0, 0.1) is 12.8 Å². The van der Waals surface area contributed by atoms with Crippen molar-refractivity contribution < 1.29 is 4.79 Å². The van der Waals surface area contributed by atoms with Crippen molar-refractivity contribution in [1.82, 2.24) is 24.9 Å². The molecule has 0 saturated carbocycles. The van der Waals surface area contributed by atoms with Gasteiger partial charge >= 0.3 is 0 Å². The Kier molecular flexibility index (Phi) is 4.78. The van der Waals surface area contributed by atoms with Gasteiger partial charge in [0, 0.05) is 38.8 Å². The second kappa shape index (κ2) is 6.98. The minimum Gasteiger partial charge on any atom is -0.352 e. The molecule has 0 radical (unpaired) electrons. The quantitative estimate of drug-likeness (QED) is 0.854. The zero-order valence-electron chi connectivity index (χ0n) is 14.5. The van der Waals surface area contributed by atoms with Gasteiger partial charge in [0.15, 0.2) is 11.6 Å². The van der Waals surface area contributed by atoms with Gasteiger partial charge in [-0.05, 0) is 31.0 Å². The highest BCUT2D eigenvalue weighted by Crippen LogP contribution is 2.15. The first-order valence-corrected chi connectivity index (χ1v) is 8.42. The SMILES string of the molecule is Cc1ccn(-c2ccc(N3CCN(C(=O)CC(C)C)CC3)nn2)n1. The molecule has 1 aliphatic heterocycles. The molecular weight excluding hydrogens is 304 g/mol. The molecule has 1 aliphatic rings. The summed E-state index contributed by atoms with van der Waals surface area (Å²) >= 11 is 0. The monoisotopic (exact) mass is 328 g/mol. The Hall–Kier alpha value is -2.44. The summed E-state index contributed by atoms with van der Waals surface area (Å²) in [5.41, 5.74) is 0.947. The van der Waals surface area contributed by atoms with Crippen LogP contribution in [0.4, 0.5) is 5.82 Å². The van der Waals surface area contributed by atoms with Crippen LogP contribution in [-0.4, -0.2) is 57.0 Å². The van der Waals surface area contributed by atoms with E-state index in [1.165, 1.54) is 0 Å². The Morgan fingerprint density at radius 2 is 1.75 bits per heavy atom. The van der Waals surface area contributed by atoms with E-state index < -0.39 is 0 Å². The lowest BCUT2D eigenvalue weighted by atomic mass is 10.1. The third-order valence-corrected chi connectivity index (χ3v) is 4.13. The van der Waals surface area contributed by atoms with Gasteiger partial charge in [-0.1, -0.05) is 13.8 Å². The number of aryl methyl sites for hydroxylation is 1. The zero-order valence-corrected chi connectivity index (χ0v) is 14.5. The molecule has 0 bridgehead atoms. The summed E-state index contributed by atoms with van der Waals surface area (Å²) in [7, 11) is 0. The van der Waals surface area contributed by atoms with Gasteiger partial charge in [0.25, 0.3) is 0 Å². The van der Waals surface area contributed by atoms with Crippen LogP contribution in [0.2, 0.25) is 0 Å². The average molecular weight is 328 g/mol. The van der Waals surface area contributed by atoms with Crippen LogP contribution in [0.5, 0.6) is 0 Å². The summed E-state index contributed by atoms with van der Waals surface area (Å²) in [5.74, 6) is 2.20. The third-order valence-electron chi connectivity index (χ3n) is 4.13. The van der Waals surface area contributed by atoms with Gasteiger partial charge in [-0.25, -0.2) is 4.68 Å². The van der Waals surface area contributed by atoms with E-state index in [9.17, 15) is 4.79 Å². The predicted octanol–water partition coefficient (Wildman–Crippen LogP) is 1.67. The van der Waals surface area contributed by atoms with Gasteiger partial charge in [0.2, 0.25) is 5.91 Å². The number of carbonyl (C=O) groups excluding carboxylic acids is 1. The molecule has 1 saturated heterocycles. The molecule has 7 nitrogen and oxygen atoms in total. The summed E-state index contributed by atoms with van der Waals surface area (Å²) in [6, 6.07) is 5.82. The molecule has 128 valence electrons. The molecule has 1 fully saturated rings. The number of hydrogen-bond donors (Lipinski definition) is 0. The fraction of sp³-hybridized carbons (Fsp3) is 0.529. The van der Waals surface area contributed by atoms with E-state index in [-0.39, 0.29) is 5.91 Å². The maximum Gasteiger partial charge on any atom is 0.222 e. The first-order chi connectivity index (χ1) is 11.5. The first-order valence-electron chi connectivity index (χ1n) is 8.42. The standard InChI is InChI=1S/C17H24N6O/c1-13(2)12-17(24)22-10-8-21(9-11-22)15-4-5-16(19-18-15)23-7-6-14(3)20-23/h4-7,13H,8-12H2,1-3H3. The van der Waals surface area contributed by atoms with Crippen molar-refractivity contribution in [3.8, 4) is 5.82 Å². The second-order valence-corrected chi connectivity index (χ2v) is 6.62. The third kappa shape index (κ3) is 3.72. The number of aromatic nitrogens is 4. The molecule has 0 aromatic carbocycles. The van der Waals surface area contributed by atoms with E-state index in [0.717, 1.165) is 37.7 Å². The smallest absolute Gasteiger partial charge is 0.222 e. The van der Waals surface area contributed by atoms with Gasteiger partial charge in [-0.15, -0.1) is 10.2 Å². The van der Waals surface area contributed by atoms with Gasteiger partial charge in [0.1, 0.15) is 0 Å². The van der Waals surface area contributed by atoms with E-state index in [1.807, 2.05) is 36.2 Å². The molecule has 0 spiro atoms.